The van der Waals surface area contributed by atoms with E-state index in [2.05, 4.69) is 28.0 Å². The summed E-state index contributed by atoms with van der Waals surface area (Å²) < 4.78 is 7.70. The molecule has 6 heteroatoms. The molecule has 0 radical (unpaired) electrons. The van der Waals surface area contributed by atoms with E-state index in [4.69, 9.17) is 4.74 Å². The molecule has 1 saturated heterocycles. The highest BCUT2D eigenvalue weighted by Gasteiger charge is 2.22. The van der Waals surface area contributed by atoms with Gasteiger partial charge in [-0.15, -0.1) is 0 Å². The number of hydrogen-bond donors (Lipinski definition) is 1. The van der Waals surface area contributed by atoms with Crippen LogP contribution in [-0.2, 0) is 6.54 Å². The first-order valence-electron chi connectivity index (χ1n) is 9.03. The molecule has 1 N–H and O–H groups in total. The molecule has 25 heavy (non-hydrogen) atoms. The summed E-state index contributed by atoms with van der Waals surface area (Å²) >= 11 is 0. The smallest absolute Gasteiger partial charge is 0.137 e. The predicted molar refractivity (Wildman–Crippen MR) is 96.6 cm³/mol. The van der Waals surface area contributed by atoms with Gasteiger partial charge in [0.15, 0.2) is 0 Å². The van der Waals surface area contributed by atoms with E-state index in [0.717, 1.165) is 37.4 Å². The number of aryl methyl sites for hydroxylation is 2. The number of rotatable bonds is 7. The number of piperidine rings is 1. The summed E-state index contributed by atoms with van der Waals surface area (Å²) in [6.45, 7) is 8.00. The van der Waals surface area contributed by atoms with E-state index in [9.17, 15) is 5.11 Å². The van der Waals surface area contributed by atoms with Crippen molar-refractivity contribution in [1.29, 1.82) is 0 Å². The van der Waals surface area contributed by atoms with Gasteiger partial charge in [0.05, 0.1) is 0 Å². The number of nitrogens with zero attached hydrogens (tertiary/aromatic N) is 4. The van der Waals surface area contributed by atoms with Gasteiger partial charge in [-0.05, 0) is 50.8 Å². The van der Waals surface area contributed by atoms with E-state index in [1.807, 2.05) is 23.7 Å². The number of β-amino-alcohol motifs (C(OH)–C–C–N with tert-alkyl or cyclic N) is 1. The first kappa shape index (κ1) is 17.9. The van der Waals surface area contributed by atoms with Crippen molar-refractivity contribution >= 4 is 0 Å². The minimum Gasteiger partial charge on any atom is -0.491 e. The minimum absolute atomic E-state index is 0.328. The fraction of sp³-hybridized carbons (Fsp3) is 0.579. The summed E-state index contributed by atoms with van der Waals surface area (Å²) in [7, 11) is 0. The molecule has 136 valence electrons. The lowest BCUT2D eigenvalue weighted by atomic mass is 9.98. The quantitative estimate of drug-likeness (QED) is 0.833. The number of benzene rings is 1. The van der Waals surface area contributed by atoms with E-state index < -0.39 is 6.10 Å². The average molecular weight is 344 g/mol. The molecule has 2 aromatic rings. The Bertz CT molecular complexity index is 659. The van der Waals surface area contributed by atoms with Crippen LogP contribution in [0, 0.1) is 19.8 Å². The van der Waals surface area contributed by atoms with Crippen molar-refractivity contribution in [3.05, 3.63) is 42.0 Å². The Kier molecular flexibility index (Phi) is 6.04. The van der Waals surface area contributed by atoms with Crippen LogP contribution in [0.2, 0.25) is 0 Å². The first-order valence-corrected chi connectivity index (χ1v) is 9.03. The average Bonchev–Trinajstić information content (AvgIpc) is 3.07. The molecule has 6 nitrogen and oxygen atoms in total. The van der Waals surface area contributed by atoms with Gasteiger partial charge in [0, 0.05) is 19.6 Å². The Morgan fingerprint density at radius 3 is 3.00 bits per heavy atom. The molecule has 0 aliphatic carbocycles. The normalized spacial score (nSPS) is 19.7. The summed E-state index contributed by atoms with van der Waals surface area (Å²) in [4.78, 5) is 6.34. The third-order valence-corrected chi connectivity index (χ3v) is 4.75. The number of aromatic nitrogens is 3. The van der Waals surface area contributed by atoms with Crippen molar-refractivity contribution in [3.63, 3.8) is 0 Å². The summed E-state index contributed by atoms with van der Waals surface area (Å²) in [5.74, 6) is 1.41. The van der Waals surface area contributed by atoms with Crippen LogP contribution in [0.3, 0.4) is 0 Å². The van der Waals surface area contributed by atoms with Gasteiger partial charge in [0.1, 0.15) is 31.1 Å². The summed E-state index contributed by atoms with van der Waals surface area (Å²) in [6.07, 6.45) is 5.22. The maximum absolute atomic E-state index is 10.4. The molecular weight excluding hydrogens is 316 g/mol. The summed E-state index contributed by atoms with van der Waals surface area (Å²) in [5.41, 5.74) is 2.33. The van der Waals surface area contributed by atoms with Gasteiger partial charge in [-0.1, -0.05) is 17.7 Å². The number of aliphatic hydroxyl groups is 1. The Morgan fingerprint density at radius 1 is 1.36 bits per heavy atom. The van der Waals surface area contributed by atoms with Gasteiger partial charge < -0.3 is 14.7 Å². The van der Waals surface area contributed by atoms with E-state index in [-0.39, 0.29) is 0 Å². The third kappa shape index (κ3) is 5.28. The topological polar surface area (TPSA) is 63.4 Å². The van der Waals surface area contributed by atoms with E-state index >= 15 is 0 Å². The second-order valence-corrected chi connectivity index (χ2v) is 7.12. The lowest BCUT2D eigenvalue weighted by Crippen LogP contribution is -2.42. The molecule has 0 amide bonds. The Hall–Kier alpha value is -1.92. The van der Waals surface area contributed by atoms with E-state index in [1.165, 1.54) is 12.0 Å². The second-order valence-electron chi connectivity index (χ2n) is 7.12. The standard InChI is InChI=1S/C19H28N4O2/c1-15-5-6-19(16(2)8-15)25-12-18(24)11-22-7-3-4-17(9-22)10-23-14-20-13-21-23/h5-6,8,13-14,17-18,24H,3-4,7,9-12H2,1-2H3/t17-,18+/m0/s1. The van der Waals surface area contributed by atoms with Crippen molar-refractivity contribution in [1.82, 2.24) is 19.7 Å². The molecule has 1 aliphatic rings. The largest absolute Gasteiger partial charge is 0.491 e. The molecule has 0 bridgehead atoms. The fourth-order valence-electron chi connectivity index (χ4n) is 3.56. The van der Waals surface area contributed by atoms with Crippen LogP contribution in [0.4, 0.5) is 0 Å². The molecule has 1 aromatic heterocycles. The molecule has 1 aliphatic heterocycles. The Balaban J connectivity index is 1.44. The third-order valence-electron chi connectivity index (χ3n) is 4.75. The molecule has 1 aromatic carbocycles. The zero-order chi connectivity index (χ0) is 17.6. The Labute approximate surface area is 149 Å². The maximum atomic E-state index is 10.4. The number of hydrogen-bond acceptors (Lipinski definition) is 5. The molecule has 2 atom stereocenters. The zero-order valence-electron chi connectivity index (χ0n) is 15.1. The van der Waals surface area contributed by atoms with Crippen LogP contribution < -0.4 is 4.74 Å². The zero-order valence-corrected chi connectivity index (χ0v) is 15.1. The van der Waals surface area contributed by atoms with E-state index in [1.54, 1.807) is 12.7 Å². The maximum Gasteiger partial charge on any atom is 0.137 e. The lowest BCUT2D eigenvalue weighted by molar-refractivity contribution is 0.0493. The molecule has 2 heterocycles. The van der Waals surface area contributed by atoms with Crippen LogP contribution in [0.5, 0.6) is 5.75 Å². The van der Waals surface area contributed by atoms with Crippen LogP contribution in [0.15, 0.2) is 30.9 Å². The highest BCUT2D eigenvalue weighted by atomic mass is 16.5. The molecule has 1 fully saturated rings. The number of ether oxygens (including phenoxy) is 1. The van der Waals surface area contributed by atoms with Gasteiger partial charge in [-0.25, -0.2) is 4.98 Å². The van der Waals surface area contributed by atoms with Crippen LogP contribution in [-0.4, -0.2) is 57.1 Å². The van der Waals surface area contributed by atoms with Crippen molar-refractivity contribution in [2.24, 2.45) is 5.92 Å². The second kappa shape index (κ2) is 8.45. The van der Waals surface area contributed by atoms with Gasteiger partial charge in [0.25, 0.3) is 0 Å². The summed E-state index contributed by atoms with van der Waals surface area (Å²) in [5, 5.41) is 14.5. The molecular formula is C19H28N4O2. The van der Waals surface area contributed by atoms with E-state index in [0.29, 0.717) is 19.1 Å². The highest BCUT2D eigenvalue weighted by Crippen LogP contribution is 2.20. The first-order chi connectivity index (χ1) is 12.1. The minimum atomic E-state index is -0.481. The van der Waals surface area contributed by atoms with Crippen molar-refractivity contribution in [2.75, 3.05) is 26.2 Å². The SMILES string of the molecule is Cc1ccc(OC[C@H](O)CN2CCC[C@H](Cn3cncn3)C2)c(C)c1. The van der Waals surface area contributed by atoms with Crippen LogP contribution >= 0.6 is 0 Å². The highest BCUT2D eigenvalue weighted by molar-refractivity contribution is 5.35. The molecule has 0 unspecified atom stereocenters. The van der Waals surface area contributed by atoms with Gasteiger partial charge in [0.2, 0.25) is 0 Å². The van der Waals surface area contributed by atoms with Crippen LogP contribution in [0.25, 0.3) is 0 Å². The van der Waals surface area contributed by atoms with Crippen molar-refractivity contribution in [3.8, 4) is 5.75 Å². The fourth-order valence-corrected chi connectivity index (χ4v) is 3.56. The molecule has 3 rings (SSSR count). The van der Waals surface area contributed by atoms with Crippen LogP contribution in [0.1, 0.15) is 24.0 Å². The van der Waals surface area contributed by atoms with Crippen molar-refractivity contribution < 1.29 is 9.84 Å². The van der Waals surface area contributed by atoms with Gasteiger partial charge in [-0.3, -0.25) is 4.68 Å². The summed E-state index contributed by atoms with van der Waals surface area (Å²) in [6, 6.07) is 6.11. The Morgan fingerprint density at radius 2 is 2.24 bits per heavy atom. The lowest BCUT2D eigenvalue weighted by Gasteiger charge is -2.33. The monoisotopic (exact) mass is 344 g/mol. The van der Waals surface area contributed by atoms with Crippen molar-refractivity contribution in [2.45, 2.75) is 39.3 Å². The molecule has 0 saturated carbocycles. The number of aliphatic hydroxyl groups excluding tert-OH is 1. The van der Waals surface area contributed by atoms with Gasteiger partial charge >= 0.3 is 0 Å². The van der Waals surface area contributed by atoms with Gasteiger partial charge in [-0.2, -0.15) is 5.10 Å². The predicted octanol–water partition coefficient (Wildman–Crippen LogP) is 2.05. The number of likely N-dealkylation sites (tertiary alicyclic amines) is 1. The molecule has 0 spiro atoms.